The fourth-order valence-electron chi connectivity index (χ4n) is 2.69. The minimum absolute atomic E-state index is 0.0977. The van der Waals surface area contributed by atoms with Crippen molar-refractivity contribution in [2.45, 2.75) is 0 Å². The van der Waals surface area contributed by atoms with Crippen LogP contribution in [0.15, 0.2) is 66.7 Å². The van der Waals surface area contributed by atoms with Crippen LogP contribution in [0.3, 0.4) is 0 Å². The fourth-order valence-corrected chi connectivity index (χ4v) is 3.53. The summed E-state index contributed by atoms with van der Waals surface area (Å²) in [5.41, 5.74) is 0.682. The highest BCUT2D eigenvalue weighted by Gasteiger charge is 2.21. The number of hydrogen-bond donors (Lipinski definition) is 1. The van der Waals surface area contributed by atoms with Gasteiger partial charge in [0, 0.05) is 11.1 Å². The van der Waals surface area contributed by atoms with Crippen molar-refractivity contribution in [2.75, 3.05) is 22.4 Å². The van der Waals surface area contributed by atoms with Gasteiger partial charge in [-0.25, -0.2) is 12.8 Å². The van der Waals surface area contributed by atoms with Gasteiger partial charge >= 0.3 is 0 Å². The van der Waals surface area contributed by atoms with Gasteiger partial charge in [0.15, 0.2) is 0 Å². The molecule has 3 rings (SSSR count). The predicted molar refractivity (Wildman–Crippen MR) is 101 cm³/mol. The first-order valence-corrected chi connectivity index (χ1v) is 9.70. The lowest BCUT2D eigenvalue weighted by Gasteiger charge is -2.22. The smallest absolute Gasteiger partial charge is 0.245 e. The Hall–Kier alpha value is -2.93. The third-order valence-corrected chi connectivity index (χ3v) is 4.99. The van der Waals surface area contributed by atoms with Gasteiger partial charge in [0.1, 0.15) is 12.4 Å². The third-order valence-electron chi connectivity index (χ3n) is 3.85. The molecule has 134 valence electrons. The molecule has 3 aromatic carbocycles. The lowest BCUT2D eigenvalue weighted by Crippen LogP contribution is -2.37. The second-order valence-corrected chi connectivity index (χ2v) is 7.73. The van der Waals surface area contributed by atoms with Crippen molar-refractivity contribution in [3.8, 4) is 0 Å². The van der Waals surface area contributed by atoms with Crippen LogP contribution in [0.25, 0.3) is 10.8 Å². The standard InChI is InChI=1S/C19H17FN2O3S/c1-26(24,25)22(16-9-5-8-15(20)12-16)13-19(23)21-18-11-4-7-14-6-2-3-10-17(14)18/h2-12H,13H2,1H3,(H,21,23). The van der Waals surface area contributed by atoms with Gasteiger partial charge in [-0.3, -0.25) is 9.10 Å². The molecule has 0 atom stereocenters. The van der Waals surface area contributed by atoms with Gasteiger partial charge in [-0.2, -0.15) is 0 Å². The number of fused-ring (bicyclic) bond motifs is 1. The molecule has 0 saturated heterocycles. The van der Waals surface area contributed by atoms with Crippen LogP contribution in [0.5, 0.6) is 0 Å². The number of nitrogens with one attached hydrogen (secondary N) is 1. The molecule has 0 unspecified atom stereocenters. The molecule has 0 radical (unpaired) electrons. The number of amides is 1. The zero-order valence-corrected chi connectivity index (χ0v) is 14.8. The van der Waals surface area contributed by atoms with Crippen molar-refractivity contribution < 1.29 is 17.6 Å². The summed E-state index contributed by atoms with van der Waals surface area (Å²) in [6.07, 6.45) is 0.975. The molecule has 0 aliphatic carbocycles. The molecule has 1 N–H and O–H groups in total. The van der Waals surface area contributed by atoms with Gasteiger partial charge in [0.05, 0.1) is 11.9 Å². The Morgan fingerprint density at radius 2 is 1.73 bits per heavy atom. The number of benzene rings is 3. The number of nitrogens with zero attached hydrogens (tertiary/aromatic N) is 1. The van der Waals surface area contributed by atoms with E-state index in [2.05, 4.69) is 5.32 Å². The molecule has 0 bridgehead atoms. The third kappa shape index (κ3) is 4.00. The zero-order valence-electron chi connectivity index (χ0n) is 14.0. The number of carbonyl (C=O) groups is 1. The topological polar surface area (TPSA) is 66.5 Å². The number of halogens is 1. The Kier molecular flexibility index (Phi) is 4.90. The summed E-state index contributed by atoms with van der Waals surface area (Å²) in [7, 11) is -3.76. The maximum atomic E-state index is 13.5. The van der Waals surface area contributed by atoms with Gasteiger partial charge in [0.2, 0.25) is 15.9 Å². The molecule has 0 spiro atoms. The van der Waals surface area contributed by atoms with Gasteiger partial charge in [0.25, 0.3) is 0 Å². The van der Waals surface area contributed by atoms with Gasteiger partial charge in [-0.1, -0.05) is 42.5 Å². The van der Waals surface area contributed by atoms with Crippen molar-refractivity contribution in [1.29, 1.82) is 0 Å². The molecule has 1 amide bonds. The van der Waals surface area contributed by atoms with Crippen molar-refractivity contribution in [1.82, 2.24) is 0 Å². The van der Waals surface area contributed by atoms with E-state index in [4.69, 9.17) is 0 Å². The number of anilines is 2. The average Bonchev–Trinajstić information content (AvgIpc) is 2.59. The molecular formula is C19H17FN2O3S. The highest BCUT2D eigenvalue weighted by atomic mass is 32.2. The largest absolute Gasteiger partial charge is 0.324 e. The molecule has 26 heavy (non-hydrogen) atoms. The molecule has 0 heterocycles. The lowest BCUT2D eigenvalue weighted by atomic mass is 10.1. The van der Waals surface area contributed by atoms with Crippen molar-refractivity contribution in [2.24, 2.45) is 0 Å². The van der Waals surface area contributed by atoms with E-state index in [-0.39, 0.29) is 5.69 Å². The first-order valence-electron chi connectivity index (χ1n) is 7.85. The maximum Gasteiger partial charge on any atom is 0.245 e. The Morgan fingerprint density at radius 1 is 1.04 bits per heavy atom. The number of carbonyl (C=O) groups excluding carboxylic acids is 1. The highest BCUT2D eigenvalue weighted by Crippen LogP contribution is 2.23. The SMILES string of the molecule is CS(=O)(=O)N(CC(=O)Nc1cccc2ccccc12)c1cccc(F)c1. The van der Waals surface area contributed by atoms with E-state index in [1.165, 1.54) is 18.2 Å². The van der Waals surface area contributed by atoms with Crippen LogP contribution in [0.4, 0.5) is 15.8 Å². The molecule has 0 saturated carbocycles. The van der Waals surface area contributed by atoms with E-state index in [1.54, 1.807) is 12.1 Å². The maximum absolute atomic E-state index is 13.5. The minimum atomic E-state index is -3.76. The summed E-state index contributed by atoms with van der Waals surface area (Å²) in [5.74, 6) is -1.10. The summed E-state index contributed by atoms with van der Waals surface area (Å²) in [6, 6.07) is 18.1. The van der Waals surface area contributed by atoms with Crippen LogP contribution >= 0.6 is 0 Å². The van der Waals surface area contributed by atoms with Crippen LogP contribution in [-0.4, -0.2) is 27.1 Å². The Morgan fingerprint density at radius 3 is 2.46 bits per heavy atom. The van der Waals surface area contributed by atoms with Gasteiger partial charge in [-0.05, 0) is 29.7 Å². The van der Waals surface area contributed by atoms with E-state index < -0.39 is 28.3 Å². The molecule has 0 fully saturated rings. The quantitative estimate of drug-likeness (QED) is 0.747. The predicted octanol–water partition coefficient (Wildman–Crippen LogP) is 3.38. The van der Waals surface area contributed by atoms with E-state index in [0.717, 1.165) is 27.4 Å². The van der Waals surface area contributed by atoms with Gasteiger partial charge in [-0.15, -0.1) is 0 Å². The van der Waals surface area contributed by atoms with E-state index in [0.29, 0.717) is 5.69 Å². The van der Waals surface area contributed by atoms with Crippen molar-refractivity contribution in [3.63, 3.8) is 0 Å². The average molecular weight is 372 g/mol. The summed E-state index contributed by atoms with van der Waals surface area (Å²) in [4.78, 5) is 12.5. The second kappa shape index (κ2) is 7.13. The summed E-state index contributed by atoms with van der Waals surface area (Å²) in [5, 5.41) is 4.53. The molecule has 0 aromatic heterocycles. The molecule has 7 heteroatoms. The molecule has 5 nitrogen and oxygen atoms in total. The summed E-state index contributed by atoms with van der Waals surface area (Å²) < 4.78 is 38.5. The number of hydrogen-bond acceptors (Lipinski definition) is 3. The highest BCUT2D eigenvalue weighted by molar-refractivity contribution is 7.92. The Balaban J connectivity index is 1.87. The second-order valence-electron chi connectivity index (χ2n) is 5.82. The molecule has 3 aromatic rings. The monoisotopic (exact) mass is 372 g/mol. The zero-order chi connectivity index (χ0) is 18.7. The van der Waals surface area contributed by atoms with E-state index in [9.17, 15) is 17.6 Å². The molecule has 0 aliphatic rings. The lowest BCUT2D eigenvalue weighted by molar-refractivity contribution is -0.114. The first-order chi connectivity index (χ1) is 12.3. The Labute approximate surface area is 151 Å². The minimum Gasteiger partial charge on any atom is -0.324 e. The fraction of sp³-hybridized carbons (Fsp3) is 0.105. The van der Waals surface area contributed by atoms with Gasteiger partial charge < -0.3 is 5.32 Å². The van der Waals surface area contributed by atoms with Crippen molar-refractivity contribution >= 4 is 38.1 Å². The summed E-state index contributed by atoms with van der Waals surface area (Å²) in [6.45, 7) is -0.453. The number of sulfonamides is 1. The normalized spacial score (nSPS) is 11.3. The van der Waals surface area contributed by atoms with Crippen LogP contribution in [0.2, 0.25) is 0 Å². The van der Waals surface area contributed by atoms with Crippen LogP contribution < -0.4 is 9.62 Å². The van der Waals surface area contributed by atoms with E-state index >= 15 is 0 Å². The van der Waals surface area contributed by atoms with E-state index in [1.807, 2.05) is 30.3 Å². The molecule has 0 aliphatic heterocycles. The van der Waals surface area contributed by atoms with Crippen molar-refractivity contribution in [3.05, 3.63) is 72.5 Å². The van der Waals surface area contributed by atoms with Crippen LogP contribution in [0.1, 0.15) is 0 Å². The van der Waals surface area contributed by atoms with Crippen LogP contribution in [0, 0.1) is 5.82 Å². The Bertz CT molecular complexity index is 1060. The molecular weight excluding hydrogens is 355 g/mol. The number of rotatable bonds is 5. The van der Waals surface area contributed by atoms with Crippen LogP contribution in [-0.2, 0) is 14.8 Å². The summed E-state index contributed by atoms with van der Waals surface area (Å²) >= 11 is 0. The first kappa shape index (κ1) is 17.9.